The summed E-state index contributed by atoms with van der Waals surface area (Å²) < 4.78 is 0. The summed E-state index contributed by atoms with van der Waals surface area (Å²) >= 11 is 17.7. The molecule has 1 heterocycles. The quantitative estimate of drug-likeness (QED) is 0.857. The average Bonchev–Trinajstić information content (AvgIpc) is 2.29. The van der Waals surface area contributed by atoms with Crippen LogP contribution < -0.4 is 0 Å². The largest absolute Gasteiger partial charge is 0.481 e. The Morgan fingerprint density at radius 1 is 1.11 bits per heavy atom. The molecule has 2 rings (SSSR count). The van der Waals surface area contributed by atoms with Gasteiger partial charge in [0.15, 0.2) is 0 Å². The third-order valence-corrected chi connectivity index (χ3v) is 3.07. The highest BCUT2D eigenvalue weighted by Crippen LogP contribution is 2.29. The third-order valence-electron chi connectivity index (χ3n) is 2.42. The van der Waals surface area contributed by atoms with E-state index >= 15 is 0 Å². The lowest BCUT2D eigenvalue weighted by Crippen LogP contribution is -2.03. The monoisotopic (exact) mass is 315 g/mol. The fourth-order valence-electron chi connectivity index (χ4n) is 1.71. The molecule has 98 valence electrons. The average molecular weight is 317 g/mol. The fraction of sp³-hybridized carbons (Fsp3) is 0.0769. The van der Waals surface area contributed by atoms with Gasteiger partial charge in [-0.05, 0) is 29.8 Å². The number of pyridine rings is 1. The van der Waals surface area contributed by atoms with E-state index in [2.05, 4.69) is 4.98 Å². The molecule has 19 heavy (non-hydrogen) atoms. The number of hydrogen-bond donors (Lipinski definition) is 1. The SMILES string of the molecule is O=C(O)Cc1ccc(Cl)nc1-c1cc(Cl)cc(Cl)c1. The zero-order valence-electron chi connectivity index (χ0n) is 9.53. The van der Waals surface area contributed by atoms with Crippen LogP contribution in [0.15, 0.2) is 30.3 Å². The van der Waals surface area contributed by atoms with Gasteiger partial charge in [-0.25, -0.2) is 4.98 Å². The van der Waals surface area contributed by atoms with E-state index < -0.39 is 5.97 Å². The molecule has 2 aromatic rings. The number of nitrogens with zero attached hydrogens (tertiary/aromatic N) is 1. The number of benzene rings is 1. The van der Waals surface area contributed by atoms with Crippen molar-refractivity contribution in [1.82, 2.24) is 4.98 Å². The van der Waals surface area contributed by atoms with Gasteiger partial charge in [-0.1, -0.05) is 40.9 Å². The third kappa shape index (κ3) is 3.60. The van der Waals surface area contributed by atoms with Gasteiger partial charge in [0.2, 0.25) is 0 Å². The van der Waals surface area contributed by atoms with Gasteiger partial charge >= 0.3 is 5.97 Å². The van der Waals surface area contributed by atoms with Crippen LogP contribution >= 0.6 is 34.8 Å². The Kier molecular flexibility index (Phi) is 4.30. The predicted octanol–water partition coefficient (Wildman–Crippen LogP) is 4.34. The van der Waals surface area contributed by atoms with Crippen molar-refractivity contribution in [2.45, 2.75) is 6.42 Å². The Hall–Kier alpha value is -1.29. The standard InChI is InChI=1S/C13H8Cl3NO2/c14-9-3-8(4-10(15)6-9)13-7(5-12(18)19)1-2-11(16)17-13/h1-4,6H,5H2,(H,18,19). The maximum absolute atomic E-state index is 10.9. The van der Waals surface area contributed by atoms with Crippen molar-refractivity contribution in [3.8, 4) is 11.3 Å². The van der Waals surface area contributed by atoms with Gasteiger partial charge in [0, 0.05) is 15.6 Å². The van der Waals surface area contributed by atoms with E-state index in [0.717, 1.165) is 0 Å². The van der Waals surface area contributed by atoms with Crippen LogP contribution in [-0.2, 0) is 11.2 Å². The molecule has 0 fully saturated rings. The molecule has 3 nitrogen and oxygen atoms in total. The number of carboxylic acids is 1. The van der Waals surface area contributed by atoms with E-state index in [1.807, 2.05) is 0 Å². The Morgan fingerprint density at radius 2 is 1.74 bits per heavy atom. The second-order valence-electron chi connectivity index (χ2n) is 3.87. The van der Waals surface area contributed by atoms with Gasteiger partial charge in [0.25, 0.3) is 0 Å². The van der Waals surface area contributed by atoms with E-state index in [1.54, 1.807) is 30.3 Å². The van der Waals surface area contributed by atoms with Crippen LogP contribution in [0.4, 0.5) is 0 Å². The van der Waals surface area contributed by atoms with Crippen molar-refractivity contribution in [3.63, 3.8) is 0 Å². The Balaban J connectivity index is 2.58. The number of aliphatic carboxylic acids is 1. The number of hydrogen-bond acceptors (Lipinski definition) is 2. The minimum atomic E-state index is -0.946. The summed E-state index contributed by atoms with van der Waals surface area (Å²) in [6.45, 7) is 0. The zero-order valence-corrected chi connectivity index (χ0v) is 11.8. The molecule has 0 saturated heterocycles. The van der Waals surface area contributed by atoms with E-state index in [1.165, 1.54) is 0 Å². The number of carboxylic acid groups (broad SMARTS) is 1. The minimum Gasteiger partial charge on any atom is -0.481 e. The van der Waals surface area contributed by atoms with Crippen molar-refractivity contribution in [2.24, 2.45) is 0 Å². The number of halogens is 3. The predicted molar refractivity (Wildman–Crippen MR) is 76.0 cm³/mol. The van der Waals surface area contributed by atoms with E-state index in [4.69, 9.17) is 39.9 Å². The second kappa shape index (κ2) is 5.78. The van der Waals surface area contributed by atoms with Crippen LogP contribution in [0.1, 0.15) is 5.56 Å². The smallest absolute Gasteiger partial charge is 0.307 e. The Bertz CT molecular complexity index is 624. The van der Waals surface area contributed by atoms with Crippen molar-refractivity contribution < 1.29 is 9.90 Å². The molecule has 0 aliphatic heterocycles. The summed E-state index contributed by atoms with van der Waals surface area (Å²) in [5, 5.41) is 10.1. The summed E-state index contributed by atoms with van der Waals surface area (Å²) in [5.74, 6) is -0.946. The molecule has 6 heteroatoms. The van der Waals surface area contributed by atoms with E-state index in [9.17, 15) is 4.79 Å². The molecular weight excluding hydrogens is 309 g/mol. The van der Waals surface area contributed by atoms with Crippen molar-refractivity contribution in [3.05, 3.63) is 51.1 Å². The first-order chi connectivity index (χ1) is 8.95. The molecule has 0 atom stereocenters. The first-order valence-electron chi connectivity index (χ1n) is 5.29. The van der Waals surface area contributed by atoms with Gasteiger partial charge < -0.3 is 5.11 Å². The Morgan fingerprint density at radius 3 is 2.32 bits per heavy atom. The van der Waals surface area contributed by atoms with E-state index in [-0.39, 0.29) is 11.6 Å². The molecule has 0 bridgehead atoms. The van der Waals surface area contributed by atoms with Crippen molar-refractivity contribution in [2.75, 3.05) is 0 Å². The molecule has 0 saturated carbocycles. The molecule has 0 unspecified atom stereocenters. The molecule has 0 amide bonds. The summed E-state index contributed by atoms with van der Waals surface area (Å²) in [5.41, 5.74) is 1.66. The maximum Gasteiger partial charge on any atom is 0.307 e. The molecule has 1 aromatic heterocycles. The lowest BCUT2D eigenvalue weighted by Gasteiger charge is -2.08. The van der Waals surface area contributed by atoms with E-state index in [0.29, 0.717) is 26.9 Å². The van der Waals surface area contributed by atoms with Crippen molar-refractivity contribution >= 4 is 40.8 Å². The highest BCUT2D eigenvalue weighted by molar-refractivity contribution is 6.35. The highest BCUT2D eigenvalue weighted by atomic mass is 35.5. The molecule has 1 N–H and O–H groups in total. The molecule has 0 spiro atoms. The molecule has 1 aromatic carbocycles. The normalized spacial score (nSPS) is 10.5. The van der Waals surface area contributed by atoms with Crippen LogP contribution in [-0.4, -0.2) is 16.1 Å². The number of carbonyl (C=O) groups is 1. The maximum atomic E-state index is 10.9. The van der Waals surface area contributed by atoms with Gasteiger partial charge in [-0.2, -0.15) is 0 Å². The highest BCUT2D eigenvalue weighted by Gasteiger charge is 2.12. The Labute approximate surface area is 124 Å². The number of rotatable bonds is 3. The zero-order chi connectivity index (χ0) is 14.0. The van der Waals surface area contributed by atoms with Crippen LogP contribution in [0.2, 0.25) is 15.2 Å². The first kappa shape index (κ1) is 14.1. The van der Waals surface area contributed by atoms with Gasteiger partial charge in [0.05, 0.1) is 12.1 Å². The van der Waals surface area contributed by atoms with Crippen LogP contribution in [0.5, 0.6) is 0 Å². The molecule has 0 aliphatic carbocycles. The second-order valence-corrected chi connectivity index (χ2v) is 5.13. The van der Waals surface area contributed by atoms with Crippen LogP contribution in [0.25, 0.3) is 11.3 Å². The minimum absolute atomic E-state index is 0.149. The molecular formula is C13H8Cl3NO2. The van der Waals surface area contributed by atoms with Gasteiger partial charge in [-0.3, -0.25) is 4.79 Å². The van der Waals surface area contributed by atoms with Gasteiger partial charge in [0.1, 0.15) is 5.15 Å². The first-order valence-corrected chi connectivity index (χ1v) is 6.43. The van der Waals surface area contributed by atoms with Crippen LogP contribution in [0.3, 0.4) is 0 Å². The van der Waals surface area contributed by atoms with Gasteiger partial charge in [-0.15, -0.1) is 0 Å². The lowest BCUT2D eigenvalue weighted by atomic mass is 10.0. The molecule has 0 aliphatic rings. The fourth-order valence-corrected chi connectivity index (χ4v) is 2.38. The molecule has 0 radical (unpaired) electrons. The topological polar surface area (TPSA) is 50.2 Å². The number of aromatic nitrogens is 1. The summed E-state index contributed by atoms with van der Waals surface area (Å²) in [6, 6.07) is 8.10. The summed E-state index contributed by atoms with van der Waals surface area (Å²) in [7, 11) is 0. The lowest BCUT2D eigenvalue weighted by molar-refractivity contribution is -0.136. The van der Waals surface area contributed by atoms with Crippen LogP contribution in [0, 0.1) is 0 Å². The summed E-state index contributed by atoms with van der Waals surface area (Å²) in [4.78, 5) is 15.0. The summed E-state index contributed by atoms with van der Waals surface area (Å²) in [6.07, 6.45) is -0.149. The van der Waals surface area contributed by atoms with Crippen molar-refractivity contribution in [1.29, 1.82) is 0 Å².